The van der Waals surface area contributed by atoms with Gasteiger partial charge in [-0.25, -0.2) is 0 Å². The first-order valence-electron chi connectivity index (χ1n) is 10.7. The Morgan fingerprint density at radius 1 is 1.07 bits per heavy atom. The van der Waals surface area contributed by atoms with Crippen molar-refractivity contribution in [2.75, 3.05) is 39.4 Å². The highest BCUT2D eigenvalue weighted by atomic mass is 32.1. The minimum atomic E-state index is -0.0641. The van der Waals surface area contributed by atoms with Gasteiger partial charge in [-0.15, -0.1) is 11.3 Å². The third kappa shape index (κ3) is 5.28. The average molecular weight is 428 g/mol. The molecule has 1 aromatic heterocycles. The first-order chi connectivity index (χ1) is 14.7. The monoisotopic (exact) mass is 427 g/mol. The number of fused-ring (bicyclic) bond motifs is 1. The molecule has 1 atom stereocenters. The summed E-state index contributed by atoms with van der Waals surface area (Å²) < 4.78 is 5.28. The maximum atomic E-state index is 12.5. The topological polar surface area (TPSA) is 61.9 Å². The van der Waals surface area contributed by atoms with E-state index >= 15 is 0 Å². The Morgan fingerprint density at radius 2 is 1.87 bits per heavy atom. The molecule has 1 saturated heterocycles. The number of nitrogens with zero attached hydrogens (tertiary/aromatic N) is 2. The molecule has 2 aliphatic rings. The van der Waals surface area contributed by atoms with Crippen LogP contribution in [0.15, 0.2) is 41.8 Å². The van der Waals surface area contributed by atoms with E-state index in [1.807, 2.05) is 29.5 Å². The lowest BCUT2D eigenvalue weighted by Crippen LogP contribution is -2.42. The van der Waals surface area contributed by atoms with E-state index in [0.29, 0.717) is 32.8 Å². The molecular weight excluding hydrogens is 398 g/mol. The third-order valence-corrected chi connectivity index (χ3v) is 6.91. The minimum absolute atomic E-state index is 0.0362. The van der Waals surface area contributed by atoms with Crippen molar-refractivity contribution in [3.05, 3.63) is 57.8 Å². The highest BCUT2D eigenvalue weighted by Crippen LogP contribution is 2.30. The number of carbonyl (C=O) groups excluding carboxylic acids is 2. The first kappa shape index (κ1) is 21.0. The van der Waals surface area contributed by atoms with Crippen molar-refractivity contribution in [2.45, 2.75) is 31.8 Å². The lowest BCUT2D eigenvalue weighted by molar-refractivity contribution is -0.137. The van der Waals surface area contributed by atoms with E-state index in [1.165, 1.54) is 16.0 Å². The van der Waals surface area contributed by atoms with Crippen LogP contribution in [0.3, 0.4) is 0 Å². The van der Waals surface area contributed by atoms with Crippen molar-refractivity contribution >= 4 is 23.2 Å². The smallest absolute Gasteiger partial charge is 0.223 e. The second-order valence-electron chi connectivity index (χ2n) is 7.81. The molecule has 0 aliphatic carbocycles. The normalized spacial score (nSPS) is 17.9. The Kier molecular flexibility index (Phi) is 7.15. The largest absolute Gasteiger partial charge is 0.378 e. The summed E-state index contributed by atoms with van der Waals surface area (Å²) in [7, 11) is 0. The molecule has 2 aliphatic heterocycles. The van der Waals surface area contributed by atoms with Gasteiger partial charge in [0.1, 0.15) is 0 Å². The van der Waals surface area contributed by atoms with Gasteiger partial charge in [-0.3, -0.25) is 14.5 Å². The molecule has 2 aromatic rings. The molecule has 0 spiro atoms. The molecule has 7 heteroatoms. The van der Waals surface area contributed by atoms with Crippen molar-refractivity contribution in [1.29, 1.82) is 0 Å². The summed E-state index contributed by atoms with van der Waals surface area (Å²) in [6, 6.07) is 12.7. The van der Waals surface area contributed by atoms with Crippen molar-refractivity contribution in [2.24, 2.45) is 0 Å². The van der Waals surface area contributed by atoms with E-state index in [0.717, 1.165) is 19.5 Å². The number of carbonyl (C=O) groups is 2. The van der Waals surface area contributed by atoms with Crippen LogP contribution in [0.25, 0.3) is 0 Å². The van der Waals surface area contributed by atoms with Gasteiger partial charge in [0.05, 0.1) is 19.3 Å². The number of ether oxygens (including phenoxy) is 1. The minimum Gasteiger partial charge on any atom is -0.378 e. The van der Waals surface area contributed by atoms with Crippen LogP contribution in [-0.2, 0) is 27.3 Å². The summed E-state index contributed by atoms with van der Waals surface area (Å²) in [5.74, 6) is -0.0279. The Balaban J connectivity index is 1.33. The zero-order valence-corrected chi connectivity index (χ0v) is 18.0. The quantitative estimate of drug-likeness (QED) is 0.738. The predicted octanol–water partition coefficient (Wildman–Crippen LogP) is 2.60. The summed E-state index contributed by atoms with van der Waals surface area (Å²) in [4.78, 5) is 30.5. The summed E-state index contributed by atoms with van der Waals surface area (Å²) >= 11 is 1.83. The Morgan fingerprint density at radius 3 is 2.67 bits per heavy atom. The van der Waals surface area contributed by atoms with Crippen LogP contribution in [0.1, 0.15) is 34.9 Å². The summed E-state index contributed by atoms with van der Waals surface area (Å²) in [5.41, 5.74) is 2.61. The molecule has 1 unspecified atom stereocenters. The van der Waals surface area contributed by atoms with Gasteiger partial charge in [0.2, 0.25) is 11.8 Å². The highest BCUT2D eigenvalue weighted by Gasteiger charge is 2.26. The van der Waals surface area contributed by atoms with Crippen LogP contribution in [-0.4, -0.2) is 61.0 Å². The van der Waals surface area contributed by atoms with E-state index in [9.17, 15) is 9.59 Å². The maximum Gasteiger partial charge on any atom is 0.223 e. The number of rotatable bonds is 7. The lowest BCUT2D eigenvalue weighted by Gasteiger charge is -2.35. The second kappa shape index (κ2) is 10.2. The zero-order chi connectivity index (χ0) is 20.8. The Labute approximate surface area is 181 Å². The van der Waals surface area contributed by atoms with Crippen molar-refractivity contribution in [3.63, 3.8) is 0 Å². The van der Waals surface area contributed by atoms with E-state index < -0.39 is 0 Å². The molecule has 0 radical (unpaired) electrons. The van der Waals surface area contributed by atoms with E-state index in [1.54, 1.807) is 4.90 Å². The molecule has 0 saturated carbocycles. The van der Waals surface area contributed by atoms with Gasteiger partial charge in [-0.05, 0) is 29.0 Å². The molecule has 3 heterocycles. The lowest BCUT2D eigenvalue weighted by atomic mass is 10.0. The van der Waals surface area contributed by atoms with Crippen molar-refractivity contribution < 1.29 is 14.3 Å². The number of nitrogens with one attached hydrogen (secondary N) is 1. The molecule has 4 rings (SSSR count). The zero-order valence-electron chi connectivity index (χ0n) is 17.2. The van der Waals surface area contributed by atoms with E-state index in [4.69, 9.17) is 4.74 Å². The molecular formula is C23H29N3O3S. The van der Waals surface area contributed by atoms with E-state index in [-0.39, 0.29) is 30.7 Å². The average Bonchev–Trinajstić information content (AvgIpc) is 3.27. The van der Waals surface area contributed by atoms with Crippen molar-refractivity contribution in [1.82, 2.24) is 15.1 Å². The molecule has 6 nitrogen and oxygen atoms in total. The Hall–Kier alpha value is -2.22. The number of hydrogen-bond acceptors (Lipinski definition) is 5. The number of morpholine rings is 1. The molecule has 1 N–H and O–H groups in total. The number of thiophene rings is 1. The summed E-state index contributed by atoms with van der Waals surface area (Å²) in [6.45, 7) is 4.85. The summed E-state index contributed by atoms with van der Waals surface area (Å²) in [5, 5.41) is 5.25. The van der Waals surface area contributed by atoms with Crippen LogP contribution in [0.2, 0.25) is 0 Å². The Bertz CT molecular complexity index is 848. The molecule has 2 amide bonds. The molecule has 160 valence electrons. The number of hydrogen-bond donors (Lipinski definition) is 1. The highest BCUT2D eigenvalue weighted by molar-refractivity contribution is 7.10. The fraction of sp³-hybridized carbons (Fsp3) is 0.478. The standard InChI is InChI=1S/C23H29N3O3S/c27-22(6-7-23(28)25-11-13-29-14-12-25)24-16-20(18-4-2-1-3-5-18)26-10-8-21-19(17-26)9-15-30-21/h1-5,9,15,20H,6-8,10-14,16-17H2,(H,24,27). The fourth-order valence-electron chi connectivity index (χ4n) is 4.16. The van der Waals surface area contributed by atoms with Crippen molar-refractivity contribution in [3.8, 4) is 0 Å². The summed E-state index contributed by atoms with van der Waals surface area (Å²) in [6.07, 6.45) is 1.54. The first-order valence-corrected chi connectivity index (χ1v) is 11.5. The predicted molar refractivity (Wildman–Crippen MR) is 117 cm³/mol. The number of benzene rings is 1. The van der Waals surface area contributed by atoms with Gasteiger partial charge in [0.15, 0.2) is 0 Å². The van der Waals surface area contributed by atoms with Crippen LogP contribution < -0.4 is 5.32 Å². The van der Waals surface area contributed by atoms with Gasteiger partial charge in [0, 0.05) is 50.4 Å². The van der Waals surface area contributed by atoms with Gasteiger partial charge in [-0.2, -0.15) is 0 Å². The van der Waals surface area contributed by atoms with Gasteiger partial charge in [-0.1, -0.05) is 30.3 Å². The van der Waals surface area contributed by atoms with Crippen LogP contribution in [0, 0.1) is 0 Å². The molecule has 1 fully saturated rings. The third-order valence-electron chi connectivity index (χ3n) is 5.88. The van der Waals surface area contributed by atoms with Gasteiger partial charge < -0.3 is 15.0 Å². The van der Waals surface area contributed by atoms with Crippen LogP contribution >= 0.6 is 11.3 Å². The molecule has 1 aromatic carbocycles. The molecule has 30 heavy (non-hydrogen) atoms. The van der Waals surface area contributed by atoms with Gasteiger partial charge >= 0.3 is 0 Å². The fourth-order valence-corrected chi connectivity index (χ4v) is 5.05. The SMILES string of the molecule is O=C(CCC(=O)N1CCOCC1)NCC(c1ccccc1)N1CCc2sccc2C1. The molecule has 0 bridgehead atoms. The second-order valence-corrected chi connectivity index (χ2v) is 8.81. The van der Waals surface area contributed by atoms with E-state index in [2.05, 4.69) is 33.8 Å². The van der Waals surface area contributed by atoms with Gasteiger partial charge in [0.25, 0.3) is 0 Å². The van der Waals surface area contributed by atoms with Crippen LogP contribution in [0.5, 0.6) is 0 Å². The van der Waals surface area contributed by atoms with Crippen LogP contribution in [0.4, 0.5) is 0 Å². The maximum absolute atomic E-state index is 12.5. The number of amides is 2.